The van der Waals surface area contributed by atoms with E-state index in [1.165, 1.54) is 12.1 Å². The highest BCUT2D eigenvalue weighted by Crippen LogP contribution is 2.29. The molecule has 1 aliphatic rings. The highest BCUT2D eigenvalue weighted by Gasteiger charge is 2.34. The van der Waals surface area contributed by atoms with Gasteiger partial charge in [-0.1, -0.05) is 25.1 Å². The van der Waals surface area contributed by atoms with Gasteiger partial charge in [0.2, 0.25) is 0 Å². The van der Waals surface area contributed by atoms with Crippen LogP contribution >= 0.6 is 0 Å². The molecule has 1 aromatic rings. The van der Waals surface area contributed by atoms with Crippen LogP contribution in [0.15, 0.2) is 35.5 Å². The number of ether oxygens (including phenoxy) is 1. The zero-order valence-electron chi connectivity index (χ0n) is 12.8. The summed E-state index contributed by atoms with van der Waals surface area (Å²) >= 11 is 0. The molecule has 1 aliphatic heterocycles. The second-order valence-corrected chi connectivity index (χ2v) is 5.22. The number of amides is 2. The van der Waals surface area contributed by atoms with Gasteiger partial charge in [-0.2, -0.15) is 0 Å². The molecule has 0 saturated heterocycles. The monoisotopic (exact) mass is 306 g/mol. The second kappa shape index (κ2) is 6.60. The van der Waals surface area contributed by atoms with Gasteiger partial charge in [0, 0.05) is 11.3 Å². The fourth-order valence-electron chi connectivity index (χ4n) is 2.24. The Morgan fingerprint density at radius 1 is 1.41 bits per heavy atom. The van der Waals surface area contributed by atoms with Gasteiger partial charge in [0.25, 0.3) is 0 Å². The van der Waals surface area contributed by atoms with Crippen LogP contribution in [0.2, 0.25) is 0 Å². The largest absolute Gasteiger partial charge is 0.459 e. The number of hydrogen-bond donors (Lipinski definition) is 2. The molecule has 2 atom stereocenters. The maximum atomic E-state index is 14.0. The molecule has 2 amide bonds. The predicted octanol–water partition coefficient (Wildman–Crippen LogP) is 2.80. The van der Waals surface area contributed by atoms with Gasteiger partial charge in [-0.25, -0.2) is 14.0 Å². The van der Waals surface area contributed by atoms with Gasteiger partial charge in [-0.15, -0.1) is 0 Å². The molecule has 6 heteroatoms. The lowest BCUT2D eigenvalue weighted by molar-refractivity contribution is -0.144. The first-order valence-corrected chi connectivity index (χ1v) is 7.17. The Morgan fingerprint density at radius 2 is 2.09 bits per heavy atom. The normalized spacial score (nSPS) is 19.3. The zero-order chi connectivity index (χ0) is 16.3. The Kier molecular flexibility index (Phi) is 4.80. The lowest BCUT2D eigenvalue weighted by atomic mass is 9.95. The molecule has 0 fully saturated rings. The van der Waals surface area contributed by atoms with Crippen LogP contribution in [0.3, 0.4) is 0 Å². The minimum absolute atomic E-state index is 0.213. The van der Waals surface area contributed by atoms with E-state index in [2.05, 4.69) is 10.6 Å². The van der Waals surface area contributed by atoms with Crippen molar-refractivity contribution in [3.63, 3.8) is 0 Å². The van der Waals surface area contributed by atoms with Crippen molar-refractivity contribution in [2.24, 2.45) is 0 Å². The third-order valence-corrected chi connectivity index (χ3v) is 3.59. The number of halogens is 1. The standard InChI is InChI=1S/C16H19FN2O3/c1-4-9(2)22-15(20)13-10(3)18-16(21)19-14(13)11-7-5-6-8-12(11)17/h5-9,14H,4H2,1-3H3,(H2,18,19,21)/t9-,14+/m1/s1. The van der Waals surface area contributed by atoms with Crippen molar-refractivity contribution in [3.05, 3.63) is 46.9 Å². The summed E-state index contributed by atoms with van der Waals surface area (Å²) in [5.74, 6) is -1.05. The first kappa shape index (κ1) is 16.0. The SMILES string of the molecule is CC[C@@H](C)OC(=O)C1=C(C)NC(=O)N[C@H]1c1ccccc1F. The van der Waals surface area contributed by atoms with Crippen LogP contribution in [-0.4, -0.2) is 18.1 Å². The molecule has 2 N–H and O–H groups in total. The Bertz CT molecular complexity index is 628. The summed E-state index contributed by atoms with van der Waals surface area (Å²) in [7, 11) is 0. The molecule has 0 aliphatic carbocycles. The van der Waals surface area contributed by atoms with Crippen molar-refractivity contribution in [1.82, 2.24) is 10.6 Å². The maximum absolute atomic E-state index is 14.0. The van der Waals surface area contributed by atoms with E-state index in [0.29, 0.717) is 12.1 Å². The van der Waals surface area contributed by atoms with Crippen LogP contribution in [-0.2, 0) is 9.53 Å². The van der Waals surface area contributed by atoms with Crippen molar-refractivity contribution < 1.29 is 18.7 Å². The van der Waals surface area contributed by atoms with E-state index in [4.69, 9.17) is 4.74 Å². The fourth-order valence-corrected chi connectivity index (χ4v) is 2.24. The summed E-state index contributed by atoms with van der Waals surface area (Å²) in [5, 5.41) is 5.10. The molecule has 0 unspecified atom stereocenters. The molecule has 5 nitrogen and oxygen atoms in total. The van der Waals surface area contributed by atoms with Crippen LogP contribution in [0.5, 0.6) is 0 Å². The minimum atomic E-state index is -0.869. The van der Waals surface area contributed by atoms with Crippen molar-refractivity contribution in [2.75, 3.05) is 0 Å². The average molecular weight is 306 g/mol. The van der Waals surface area contributed by atoms with Crippen molar-refractivity contribution in [2.45, 2.75) is 39.3 Å². The molecule has 0 radical (unpaired) electrons. The summed E-state index contributed by atoms with van der Waals surface area (Å²) < 4.78 is 19.4. The number of urea groups is 1. The van der Waals surface area contributed by atoms with Crippen LogP contribution in [0.25, 0.3) is 0 Å². The molecule has 0 saturated carbocycles. The minimum Gasteiger partial charge on any atom is -0.459 e. The zero-order valence-corrected chi connectivity index (χ0v) is 12.8. The molecule has 1 heterocycles. The summed E-state index contributed by atoms with van der Waals surface area (Å²) in [6, 6.07) is 4.68. The summed E-state index contributed by atoms with van der Waals surface area (Å²) in [4.78, 5) is 24.1. The van der Waals surface area contributed by atoms with Crippen molar-refractivity contribution in [3.8, 4) is 0 Å². The van der Waals surface area contributed by atoms with Gasteiger partial charge in [0.1, 0.15) is 5.82 Å². The topological polar surface area (TPSA) is 67.4 Å². The van der Waals surface area contributed by atoms with E-state index >= 15 is 0 Å². The summed E-state index contributed by atoms with van der Waals surface area (Å²) in [6.07, 6.45) is 0.411. The van der Waals surface area contributed by atoms with E-state index < -0.39 is 23.9 Å². The highest BCUT2D eigenvalue weighted by molar-refractivity contribution is 5.95. The van der Waals surface area contributed by atoms with Gasteiger partial charge in [-0.3, -0.25) is 0 Å². The Balaban J connectivity index is 2.41. The number of esters is 1. The van der Waals surface area contributed by atoms with E-state index in [1.807, 2.05) is 6.92 Å². The highest BCUT2D eigenvalue weighted by atomic mass is 19.1. The Morgan fingerprint density at radius 3 is 2.73 bits per heavy atom. The Hall–Kier alpha value is -2.37. The molecule has 22 heavy (non-hydrogen) atoms. The van der Waals surface area contributed by atoms with E-state index in [0.717, 1.165) is 0 Å². The quantitative estimate of drug-likeness (QED) is 0.841. The third-order valence-electron chi connectivity index (χ3n) is 3.59. The van der Waals surface area contributed by atoms with E-state index in [-0.39, 0.29) is 17.2 Å². The Labute approximate surface area is 128 Å². The number of nitrogens with one attached hydrogen (secondary N) is 2. The van der Waals surface area contributed by atoms with Crippen LogP contribution in [0.1, 0.15) is 38.8 Å². The van der Waals surface area contributed by atoms with Gasteiger partial charge in [-0.05, 0) is 26.3 Å². The number of hydrogen-bond acceptors (Lipinski definition) is 3. The molecule has 0 bridgehead atoms. The molecule has 118 valence electrons. The maximum Gasteiger partial charge on any atom is 0.338 e. The van der Waals surface area contributed by atoms with Crippen molar-refractivity contribution >= 4 is 12.0 Å². The fraction of sp³-hybridized carbons (Fsp3) is 0.375. The molecule has 0 spiro atoms. The molecule has 1 aromatic carbocycles. The number of benzene rings is 1. The summed E-state index contributed by atoms with van der Waals surface area (Å²) in [5.41, 5.74) is 0.808. The number of carbonyl (C=O) groups is 2. The van der Waals surface area contributed by atoms with Gasteiger partial charge < -0.3 is 15.4 Å². The third kappa shape index (κ3) is 3.27. The summed E-state index contributed by atoms with van der Waals surface area (Å²) in [6.45, 7) is 5.27. The lowest BCUT2D eigenvalue weighted by Crippen LogP contribution is -2.45. The molecule has 0 aromatic heterocycles. The first-order valence-electron chi connectivity index (χ1n) is 7.17. The molecular formula is C16H19FN2O3. The molecule has 2 rings (SSSR count). The van der Waals surface area contributed by atoms with E-state index in [1.54, 1.807) is 26.0 Å². The average Bonchev–Trinajstić information content (AvgIpc) is 2.46. The van der Waals surface area contributed by atoms with Gasteiger partial charge >= 0.3 is 12.0 Å². The smallest absolute Gasteiger partial charge is 0.338 e. The lowest BCUT2D eigenvalue weighted by Gasteiger charge is -2.29. The van der Waals surface area contributed by atoms with Gasteiger partial charge in [0.05, 0.1) is 17.7 Å². The van der Waals surface area contributed by atoms with Crippen LogP contribution in [0.4, 0.5) is 9.18 Å². The van der Waals surface area contributed by atoms with E-state index in [9.17, 15) is 14.0 Å². The van der Waals surface area contributed by atoms with Gasteiger partial charge in [0.15, 0.2) is 0 Å². The number of carbonyl (C=O) groups excluding carboxylic acids is 2. The van der Waals surface area contributed by atoms with Crippen LogP contribution in [0, 0.1) is 5.82 Å². The first-order chi connectivity index (χ1) is 10.4. The molecular weight excluding hydrogens is 287 g/mol. The number of rotatable bonds is 4. The van der Waals surface area contributed by atoms with Crippen molar-refractivity contribution in [1.29, 1.82) is 0 Å². The second-order valence-electron chi connectivity index (χ2n) is 5.22. The number of allylic oxidation sites excluding steroid dienone is 1. The van der Waals surface area contributed by atoms with Crippen LogP contribution < -0.4 is 10.6 Å². The predicted molar refractivity (Wildman–Crippen MR) is 79.4 cm³/mol.